The fourth-order valence-corrected chi connectivity index (χ4v) is 1.34. The predicted molar refractivity (Wildman–Crippen MR) is 56.2 cm³/mol. The van der Waals surface area contributed by atoms with Crippen molar-refractivity contribution in [3.63, 3.8) is 0 Å². The number of Topliss-reactive ketones (excluding diaryl/α,β-unsaturated/α-hetero) is 1. The van der Waals surface area contributed by atoms with E-state index >= 15 is 0 Å². The average Bonchev–Trinajstić information content (AvgIpc) is 2.28. The predicted octanol–water partition coefficient (Wildman–Crippen LogP) is 2.03. The van der Waals surface area contributed by atoms with Crippen LogP contribution in [0.25, 0.3) is 0 Å². The fourth-order valence-electron chi connectivity index (χ4n) is 1.34. The van der Waals surface area contributed by atoms with Gasteiger partial charge in [0.1, 0.15) is 5.75 Å². The molecule has 3 nitrogen and oxygen atoms in total. The summed E-state index contributed by atoms with van der Waals surface area (Å²) in [6, 6.07) is 4.03. The standard InChI is InChI=1S/C11H13F2NO2/c1-14-6-9(15)7-3-4-10(16-2)8(5-7)11(12)13/h3-5,11,14H,6H2,1-2H3. The first-order valence-electron chi connectivity index (χ1n) is 4.74. The highest BCUT2D eigenvalue weighted by Crippen LogP contribution is 2.29. The SMILES string of the molecule is CNCC(=O)c1ccc(OC)c(C(F)F)c1. The quantitative estimate of drug-likeness (QED) is 0.785. The molecule has 0 saturated carbocycles. The third-order valence-electron chi connectivity index (χ3n) is 2.12. The van der Waals surface area contributed by atoms with Gasteiger partial charge in [-0.05, 0) is 25.2 Å². The van der Waals surface area contributed by atoms with Crippen LogP contribution in [0.5, 0.6) is 5.75 Å². The van der Waals surface area contributed by atoms with Gasteiger partial charge in [0.2, 0.25) is 0 Å². The van der Waals surface area contributed by atoms with Crippen molar-refractivity contribution in [3.05, 3.63) is 29.3 Å². The van der Waals surface area contributed by atoms with Crippen molar-refractivity contribution < 1.29 is 18.3 Å². The molecule has 0 aliphatic carbocycles. The molecule has 5 heteroatoms. The van der Waals surface area contributed by atoms with Crippen LogP contribution in [0.1, 0.15) is 22.3 Å². The second kappa shape index (κ2) is 5.55. The molecule has 0 aliphatic heterocycles. The topological polar surface area (TPSA) is 38.3 Å². The lowest BCUT2D eigenvalue weighted by Crippen LogP contribution is -2.18. The zero-order valence-corrected chi connectivity index (χ0v) is 9.09. The van der Waals surface area contributed by atoms with Crippen LogP contribution in [0.4, 0.5) is 8.78 Å². The van der Waals surface area contributed by atoms with Crippen molar-refractivity contribution in [3.8, 4) is 5.75 Å². The van der Waals surface area contributed by atoms with Gasteiger partial charge in [-0.3, -0.25) is 4.79 Å². The normalized spacial score (nSPS) is 10.6. The van der Waals surface area contributed by atoms with Crippen molar-refractivity contribution in [2.75, 3.05) is 20.7 Å². The van der Waals surface area contributed by atoms with Gasteiger partial charge in [0.25, 0.3) is 6.43 Å². The third kappa shape index (κ3) is 2.76. The lowest BCUT2D eigenvalue weighted by atomic mass is 10.1. The minimum absolute atomic E-state index is 0.0935. The van der Waals surface area contributed by atoms with E-state index in [1.807, 2.05) is 0 Å². The minimum Gasteiger partial charge on any atom is -0.496 e. The van der Waals surface area contributed by atoms with Gasteiger partial charge in [-0.2, -0.15) is 0 Å². The van der Waals surface area contributed by atoms with Crippen LogP contribution in [-0.2, 0) is 0 Å². The summed E-state index contributed by atoms with van der Waals surface area (Å²) >= 11 is 0. The maximum absolute atomic E-state index is 12.6. The van der Waals surface area contributed by atoms with Crippen LogP contribution in [0.3, 0.4) is 0 Å². The lowest BCUT2D eigenvalue weighted by molar-refractivity contribution is 0.0993. The molecule has 0 aliphatic rings. The number of halogens is 2. The molecular formula is C11H13F2NO2. The van der Waals surface area contributed by atoms with E-state index in [0.717, 1.165) is 0 Å². The molecule has 0 unspecified atom stereocenters. The maximum atomic E-state index is 12.6. The number of hydrogen-bond acceptors (Lipinski definition) is 3. The number of alkyl halides is 2. The Kier molecular flexibility index (Phi) is 4.37. The fraction of sp³-hybridized carbons (Fsp3) is 0.364. The molecule has 1 aromatic rings. The van der Waals surface area contributed by atoms with Crippen molar-refractivity contribution in [2.45, 2.75) is 6.43 Å². The number of carbonyl (C=O) groups is 1. The van der Waals surface area contributed by atoms with Gasteiger partial charge in [-0.25, -0.2) is 8.78 Å². The molecule has 1 rings (SSSR count). The summed E-state index contributed by atoms with van der Waals surface area (Å²) in [5, 5.41) is 2.67. The van der Waals surface area contributed by atoms with Crippen molar-refractivity contribution in [1.29, 1.82) is 0 Å². The monoisotopic (exact) mass is 229 g/mol. The van der Waals surface area contributed by atoms with E-state index in [4.69, 9.17) is 4.74 Å². The summed E-state index contributed by atoms with van der Waals surface area (Å²) in [6.07, 6.45) is -2.66. The zero-order chi connectivity index (χ0) is 12.1. The van der Waals surface area contributed by atoms with E-state index in [0.29, 0.717) is 0 Å². The first-order chi connectivity index (χ1) is 7.60. The van der Waals surface area contributed by atoms with Crippen molar-refractivity contribution >= 4 is 5.78 Å². The number of hydrogen-bond donors (Lipinski definition) is 1. The molecule has 0 amide bonds. The summed E-state index contributed by atoms with van der Waals surface area (Å²) in [5.41, 5.74) is -0.00472. The number of ether oxygens (including phenoxy) is 1. The van der Waals surface area contributed by atoms with Gasteiger partial charge in [0, 0.05) is 5.56 Å². The van der Waals surface area contributed by atoms with Gasteiger partial charge in [0.05, 0.1) is 19.2 Å². The Balaban J connectivity index is 3.06. The molecule has 0 atom stereocenters. The zero-order valence-electron chi connectivity index (χ0n) is 9.09. The largest absolute Gasteiger partial charge is 0.496 e. The molecule has 0 radical (unpaired) electrons. The summed E-state index contributed by atoms with van der Waals surface area (Å²) in [5.74, 6) is -0.136. The van der Waals surface area contributed by atoms with E-state index < -0.39 is 6.43 Å². The van der Waals surface area contributed by atoms with Gasteiger partial charge in [-0.15, -0.1) is 0 Å². The third-order valence-corrected chi connectivity index (χ3v) is 2.12. The molecular weight excluding hydrogens is 216 g/mol. The smallest absolute Gasteiger partial charge is 0.267 e. The Morgan fingerprint density at radius 3 is 2.69 bits per heavy atom. The Hall–Kier alpha value is -1.49. The van der Waals surface area contributed by atoms with Gasteiger partial charge >= 0.3 is 0 Å². The number of methoxy groups -OCH3 is 1. The van der Waals surface area contributed by atoms with E-state index in [9.17, 15) is 13.6 Å². The van der Waals surface area contributed by atoms with Crippen molar-refractivity contribution in [2.24, 2.45) is 0 Å². The summed E-state index contributed by atoms with van der Waals surface area (Å²) in [7, 11) is 2.94. The van der Waals surface area contributed by atoms with Crippen LogP contribution in [0.2, 0.25) is 0 Å². The maximum Gasteiger partial charge on any atom is 0.267 e. The van der Waals surface area contributed by atoms with Crippen LogP contribution in [0, 0.1) is 0 Å². The molecule has 16 heavy (non-hydrogen) atoms. The first-order valence-corrected chi connectivity index (χ1v) is 4.74. The molecule has 0 heterocycles. The van der Waals surface area contributed by atoms with E-state index in [1.165, 1.54) is 25.3 Å². The summed E-state index contributed by atoms with van der Waals surface area (Å²) < 4.78 is 30.1. The molecule has 1 N–H and O–H groups in total. The minimum atomic E-state index is -2.66. The number of ketones is 1. The lowest BCUT2D eigenvalue weighted by Gasteiger charge is -2.09. The number of nitrogens with one attached hydrogen (secondary N) is 1. The highest BCUT2D eigenvalue weighted by molar-refractivity contribution is 5.97. The second-order valence-electron chi connectivity index (χ2n) is 3.21. The summed E-state index contributed by atoms with van der Waals surface area (Å²) in [4.78, 5) is 11.5. The Morgan fingerprint density at radius 2 is 2.19 bits per heavy atom. The average molecular weight is 229 g/mol. The Morgan fingerprint density at radius 1 is 1.50 bits per heavy atom. The molecule has 0 spiro atoms. The van der Waals surface area contributed by atoms with Crippen LogP contribution < -0.4 is 10.1 Å². The number of carbonyl (C=O) groups excluding carboxylic acids is 1. The molecule has 0 fully saturated rings. The highest BCUT2D eigenvalue weighted by atomic mass is 19.3. The van der Waals surface area contributed by atoms with Gasteiger partial charge < -0.3 is 10.1 Å². The molecule has 88 valence electrons. The molecule has 0 saturated heterocycles. The first kappa shape index (κ1) is 12.6. The van der Waals surface area contributed by atoms with E-state index in [-0.39, 0.29) is 29.2 Å². The Labute approximate surface area is 92.4 Å². The van der Waals surface area contributed by atoms with Crippen LogP contribution >= 0.6 is 0 Å². The van der Waals surface area contributed by atoms with Gasteiger partial charge in [-0.1, -0.05) is 0 Å². The number of likely N-dealkylation sites (N-methyl/N-ethyl adjacent to an activating group) is 1. The van der Waals surface area contributed by atoms with E-state index in [2.05, 4.69) is 5.32 Å². The summed E-state index contributed by atoms with van der Waals surface area (Å²) in [6.45, 7) is 0.120. The number of rotatable bonds is 5. The van der Waals surface area contributed by atoms with E-state index in [1.54, 1.807) is 7.05 Å². The highest BCUT2D eigenvalue weighted by Gasteiger charge is 2.16. The Bertz CT molecular complexity index is 380. The van der Waals surface area contributed by atoms with Crippen LogP contribution in [-0.4, -0.2) is 26.5 Å². The molecule has 0 bridgehead atoms. The van der Waals surface area contributed by atoms with Crippen LogP contribution in [0.15, 0.2) is 18.2 Å². The number of benzene rings is 1. The second-order valence-corrected chi connectivity index (χ2v) is 3.21. The van der Waals surface area contributed by atoms with Gasteiger partial charge in [0.15, 0.2) is 5.78 Å². The molecule has 0 aromatic heterocycles. The molecule has 1 aromatic carbocycles. The van der Waals surface area contributed by atoms with Crippen molar-refractivity contribution in [1.82, 2.24) is 5.32 Å².